The van der Waals surface area contributed by atoms with Crippen molar-refractivity contribution < 1.29 is 4.39 Å². The van der Waals surface area contributed by atoms with Gasteiger partial charge in [0.1, 0.15) is 11.6 Å². The second-order valence-electron chi connectivity index (χ2n) is 5.75. The number of thiazole rings is 1. The molecule has 25 heavy (non-hydrogen) atoms. The molecule has 0 aliphatic rings. The molecule has 0 saturated carbocycles. The van der Waals surface area contributed by atoms with Crippen LogP contribution >= 0.6 is 11.3 Å². The Balaban J connectivity index is 1.69. The van der Waals surface area contributed by atoms with Crippen LogP contribution in [0, 0.1) is 12.7 Å². The van der Waals surface area contributed by atoms with Crippen molar-refractivity contribution in [2.75, 3.05) is 5.73 Å². The van der Waals surface area contributed by atoms with E-state index in [1.807, 2.05) is 42.6 Å². The van der Waals surface area contributed by atoms with Gasteiger partial charge in [0.2, 0.25) is 5.13 Å². The number of nitrogens with two attached hydrogens (primary N) is 1. The molecule has 0 spiro atoms. The van der Waals surface area contributed by atoms with Crippen LogP contribution in [-0.2, 0) is 0 Å². The van der Waals surface area contributed by atoms with Crippen molar-refractivity contribution in [2.24, 2.45) is 0 Å². The monoisotopic (exact) mass is 350 g/mol. The summed E-state index contributed by atoms with van der Waals surface area (Å²) in [7, 11) is 0. The fraction of sp³-hybridized carbons (Fsp3) is 0.0526. The van der Waals surface area contributed by atoms with E-state index in [0.29, 0.717) is 10.9 Å². The summed E-state index contributed by atoms with van der Waals surface area (Å²) in [6.07, 6.45) is 0. The van der Waals surface area contributed by atoms with Crippen LogP contribution in [0.5, 0.6) is 0 Å². The number of benzene rings is 2. The quantitative estimate of drug-likeness (QED) is 0.583. The Bertz CT molecular complexity index is 1020. The second-order valence-corrected chi connectivity index (χ2v) is 6.59. The minimum Gasteiger partial charge on any atom is -0.383 e. The van der Waals surface area contributed by atoms with Gasteiger partial charge in [0.05, 0.1) is 11.4 Å². The van der Waals surface area contributed by atoms with Crippen LogP contribution in [0.2, 0.25) is 0 Å². The van der Waals surface area contributed by atoms with E-state index in [4.69, 9.17) is 5.73 Å². The van der Waals surface area contributed by atoms with Gasteiger partial charge in [0.15, 0.2) is 0 Å². The Morgan fingerprint density at radius 1 is 0.960 bits per heavy atom. The third-order valence-electron chi connectivity index (χ3n) is 3.90. The summed E-state index contributed by atoms with van der Waals surface area (Å²) in [5.74, 6) is 0.258. The van der Waals surface area contributed by atoms with E-state index in [-0.39, 0.29) is 5.82 Å². The molecule has 0 saturated heterocycles. The zero-order valence-corrected chi connectivity index (χ0v) is 14.3. The zero-order valence-electron chi connectivity index (χ0n) is 13.5. The van der Waals surface area contributed by atoms with E-state index in [0.717, 1.165) is 22.5 Å². The summed E-state index contributed by atoms with van der Waals surface area (Å²) in [5.41, 5.74) is 10.8. The van der Waals surface area contributed by atoms with Crippen molar-refractivity contribution in [3.63, 3.8) is 0 Å². The molecule has 0 aliphatic carbocycles. The average molecular weight is 350 g/mol. The SMILES string of the molecule is Cc1ccc(-c2cc(N)n(-c3nc(-c4ccc(F)cc4)cs3)n2)cc1. The molecule has 124 valence electrons. The number of hydrogen-bond acceptors (Lipinski definition) is 4. The van der Waals surface area contributed by atoms with Crippen molar-refractivity contribution in [1.82, 2.24) is 14.8 Å². The molecule has 2 aromatic heterocycles. The molecule has 0 bridgehead atoms. The summed E-state index contributed by atoms with van der Waals surface area (Å²) in [6.45, 7) is 2.04. The highest BCUT2D eigenvalue weighted by Gasteiger charge is 2.13. The predicted molar refractivity (Wildman–Crippen MR) is 99.2 cm³/mol. The minimum absolute atomic E-state index is 0.265. The first-order valence-corrected chi connectivity index (χ1v) is 8.62. The number of rotatable bonds is 3. The molecule has 0 fully saturated rings. The van der Waals surface area contributed by atoms with Crippen molar-refractivity contribution in [2.45, 2.75) is 6.92 Å². The second kappa shape index (κ2) is 6.14. The predicted octanol–water partition coefficient (Wildman–Crippen LogP) is 4.69. The number of nitrogens with zero attached hydrogens (tertiary/aromatic N) is 3. The summed E-state index contributed by atoms with van der Waals surface area (Å²) >= 11 is 1.44. The molecule has 0 atom stereocenters. The highest BCUT2D eigenvalue weighted by Crippen LogP contribution is 2.28. The molecule has 0 aliphatic heterocycles. The molecule has 0 unspecified atom stereocenters. The summed E-state index contributed by atoms with van der Waals surface area (Å²) in [5, 5.41) is 7.17. The fourth-order valence-electron chi connectivity index (χ4n) is 2.53. The van der Waals surface area contributed by atoms with Crippen LogP contribution in [0.4, 0.5) is 10.2 Å². The molecule has 2 heterocycles. The number of aryl methyl sites for hydroxylation is 1. The van der Waals surface area contributed by atoms with Crippen LogP contribution in [0.15, 0.2) is 60.0 Å². The fourth-order valence-corrected chi connectivity index (χ4v) is 3.33. The Kier molecular flexibility index (Phi) is 3.82. The Labute approximate surface area is 148 Å². The maximum atomic E-state index is 13.1. The maximum absolute atomic E-state index is 13.1. The molecular formula is C19H15FN4S. The van der Waals surface area contributed by atoms with E-state index in [9.17, 15) is 4.39 Å². The lowest BCUT2D eigenvalue weighted by Crippen LogP contribution is -2.01. The van der Waals surface area contributed by atoms with E-state index in [2.05, 4.69) is 10.1 Å². The van der Waals surface area contributed by atoms with Gasteiger partial charge in [0.25, 0.3) is 0 Å². The smallest absolute Gasteiger partial charge is 0.212 e. The van der Waals surface area contributed by atoms with Gasteiger partial charge in [-0.2, -0.15) is 9.78 Å². The molecule has 4 aromatic rings. The number of anilines is 1. The van der Waals surface area contributed by atoms with E-state index in [1.165, 1.54) is 29.0 Å². The first-order chi connectivity index (χ1) is 12.1. The lowest BCUT2D eigenvalue weighted by Gasteiger charge is -1.99. The van der Waals surface area contributed by atoms with Gasteiger partial charge in [-0.25, -0.2) is 9.37 Å². The van der Waals surface area contributed by atoms with Crippen LogP contribution in [0.25, 0.3) is 27.6 Å². The highest BCUT2D eigenvalue weighted by atomic mass is 32.1. The maximum Gasteiger partial charge on any atom is 0.212 e. The third kappa shape index (κ3) is 3.04. The molecule has 4 rings (SSSR count). The summed E-state index contributed by atoms with van der Waals surface area (Å²) in [6, 6.07) is 16.2. The van der Waals surface area contributed by atoms with Gasteiger partial charge < -0.3 is 5.73 Å². The topological polar surface area (TPSA) is 56.7 Å². The van der Waals surface area contributed by atoms with Crippen LogP contribution < -0.4 is 5.73 Å². The van der Waals surface area contributed by atoms with Crippen molar-refractivity contribution in [3.05, 3.63) is 71.4 Å². The number of nitrogen functional groups attached to an aromatic ring is 1. The standard InChI is InChI=1S/C19H15FN4S/c1-12-2-4-13(5-3-12)16-10-18(21)24(23-16)19-22-17(11-25-19)14-6-8-15(20)9-7-14/h2-11H,21H2,1H3. The van der Waals surface area contributed by atoms with Crippen LogP contribution in [0.3, 0.4) is 0 Å². The lowest BCUT2D eigenvalue weighted by molar-refractivity contribution is 0.628. The van der Waals surface area contributed by atoms with Gasteiger partial charge in [-0.3, -0.25) is 0 Å². The average Bonchev–Trinajstić information content (AvgIpc) is 3.23. The molecule has 4 nitrogen and oxygen atoms in total. The molecule has 0 amide bonds. The minimum atomic E-state index is -0.265. The molecular weight excluding hydrogens is 335 g/mol. The Hall–Kier alpha value is -2.99. The van der Waals surface area contributed by atoms with Gasteiger partial charge in [-0.1, -0.05) is 29.8 Å². The van der Waals surface area contributed by atoms with Gasteiger partial charge in [-0.05, 0) is 31.2 Å². The van der Waals surface area contributed by atoms with Crippen molar-refractivity contribution >= 4 is 17.2 Å². The first-order valence-electron chi connectivity index (χ1n) is 7.74. The molecule has 2 aromatic carbocycles. The van der Waals surface area contributed by atoms with Crippen LogP contribution in [0.1, 0.15) is 5.56 Å². The summed E-state index contributed by atoms with van der Waals surface area (Å²) in [4.78, 5) is 4.58. The summed E-state index contributed by atoms with van der Waals surface area (Å²) < 4.78 is 14.7. The third-order valence-corrected chi connectivity index (χ3v) is 4.71. The van der Waals surface area contributed by atoms with Gasteiger partial charge >= 0.3 is 0 Å². The van der Waals surface area contributed by atoms with Crippen molar-refractivity contribution in [3.8, 4) is 27.6 Å². The molecule has 2 N–H and O–H groups in total. The van der Waals surface area contributed by atoms with Gasteiger partial charge in [-0.15, -0.1) is 11.3 Å². The van der Waals surface area contributed by atoms with Crippen LogP contribution in [-0.4, -0.2) is 14.8 Å². The number of hydrogen-bond donors (Lipinski definition) is 1. The first kappa shape index (κ1) is 15.5. The number of halogens is 1. The molecule has 0 radical (unpaired) electrons. The highest BCUT2D eigenvalue weighted by molar-refractivity contribution is 7.12. The van der Waals surface area contributed by atoms with E-state index in [1.54, 1.807) is 16.8 Å². The largest absolute Gasteiger partial charge is 0.383 e. The zero-order chi connectivity index (χ0) is 17.4. The normalized spacial score (nSPS) is 11.0. The van der Waals surface area contributed by atoms with Gasteiger partial charge in [0, 0.05) is 22.6 Å². The Morgan fingerprint density at radius 2 is 1.60 bits per heavy atom. The Morgan fingerprint density at radius 3 is 2.32 bits per heavy atom. The van der Waals surface area contributed by atoms with E-state index >= 15 is 0 Å². The lowest BCUT2D eigenvalue weighted by atomic mass is 10.1. The van der Waals surface area contributed by atoms with E-state index < -0.39 is 0 Å². The van der Waals surface area contributed by atoms with Crippen molar-refractivity contribution in [1.29, 1.82) is 0 Å². The molecule has 6 heteroatoms. The number of aromatic nitrogens is 3.